The van der Waals surface area contributed by atoms with Crippen LogP contribution in [0.1, 0.15) is 36.2 Å². The molecule has 1 atom stereocenters. The Hall–Kier alpha value is -1.94. The number of guanidine groups is 1. The van der Waals surface area contributed by atoms with Gasteiger partial charge in [-0.2, -0.15) is 0 Å². The molecule has 3 aromatic rings. The molecule has 0 fully saturated rings. The summed E-state index contributed by atoms with van der Waals surface area (Å²) >= 11 is 1.72. The molecule has 2 N–H and O–H groups in total. The van der Waals surface area contributed by atoms with Gasteiger partial charge in [-0.15, -0.1) is 45.5 Å². The maximum atomic E-state index is 4.76. The summed E-state index contributed by atoms with van der Waals surface area (Å²) in [6.45, 7) is 6.46. The molecule has 1 aromatic carbocycles. The SMILES string of the molecule is CCc1nncn1CCNC(=NCc1cccs1)NC(C)c1ccccc1.I. The van der Waals surface area contributed by atoms with Gasteiger partial charge in [-0.05, 0) is 23.9 Å². The highest BCUT2D eigenvalue weighted by Crippen LogP contribution is 2.12. The minimum atomic E-state index is 0. The fourth-order valence-electron chi connectivity index (χ4n) is 2.78. The molecular weight excluding hydrogens is 483 g/mol. The molecule has 0 aliphatic heterocycles. The normalized spacial score (nSPS) is 12.3. The highest BCUT2D eigenvalue weighted by molar-refractivity contribution is 14.0. The van der Waals surface area contributed by atoms with Crippen molar-refractivity contribution < 1.29 is 0 Å². The second-order valence-corrected chi connectivity index (χ2v) is 7.27. The minimum Gasteiger partial charge on any atom is -0.355 e. The Labute approximate surface area is 187 Å². The van der Waals surface area contributed by atoms with E-state index in [1.165, 1.54) is 10.4 Å². The smallest absolute Gasteiger partial charge is 0.192 e. The molecule has 2 heterocycles. The first-order chi connectivity index (χ1) is 13.3. The Morgan fingerprint density at radius 1 is 1.21 bits per heavy atom. The van der Waals surface area contributed by atoms with Gasteiger partial charge in [-0.25, -0.2) is 4.99 Å². The van der Waals surface area contributed by atoms with E-state index in [9.17, 15) is 0 Å². The number of nitrogens with one attached hydrogen (secondary N) is 2. The van der Waals surface area contributed by atoms with E-state index in [4.69, 9.17) is 4.99 Å². The Balaban J connectivity index is 0.00000280. The lowest BCUT2D eigenvalue weighted by Crippen LogP contribution is -2.40. The monoisotopic (exact) mass is 510 g/mol. The maximum Gasteiger partial charge on any atom is 0.192 e. The van der Waals surface area contributed by atoms with Crippen LogP contribution >= 0.6 is 35.3 Å². The third-order valence-electron chi connectivity index (χ3n) is 4.28. The average Bonchev–Trinajstić information content (AvgIpc) is 3.38. The molecule has 0 radical (unpaired) electrons. The fourth-order valence-corrected chi connectivity index (χ4v) is 3.40. The average molecular weight is 510 g/mol. The fraction of sp³-hybridized carbons (Fsp3) is 0.350. The lowest BCUT2D eigenvalue weighted by atomic mass is 10.1. The largest absolute Gasteiger partial charge is 0.355 e. The summed E-state index contributed by atoms with van der Waals surface area (Å²) < 4.78 is 2.07. The molecular formula is C20H27IN6S. The molecule has 0 aliphatic rings. The number of nitrogens with zero attached hydrogens (tertiary/aromatic N) is 4. The van der Waals surface area contributed by atoms with E-state index in [0.29, 0.717) is 6.54 Å². The predicted molar refractivity (Wildman–Crippen MR) is 126 cm³/mol. The highest BCUT2D eigenvalue weighted by Gasteiger charge is 2.08. The van der Waals surface area contributed by atoms with Crippen LogP contribution in [0.5, 0.6) is 0 Å². The molecule has 8 heteroatoms. The van der Waals surface area contributed by atoms with Gasteiger partial charge in [0.05, 0.1) is 12.6 Å². The van der Waals surface area contributed by atoms with Crippen LogP contribution in [0.15, 0.2) is 59.2 Å². The summed E-state index contributed by atoms with van der Waals surface area (Å²) in [5.74, 6) is 1.81. The number of hydrogen-bond donors (Lipinski definition) is 2. The summed E-state index contributed by atoms with van der Waals surface area (Å²) in [6.07, 6.45) is 2.66. The lowest BCUT2D eigenvalue weighted by molar-refractivity contribution is 0.619. The Bertz CT molecular complexity index is 832. The van der Waals surface area contributed by atoms with Crippen molar-refractivity contribution in [2.45, 2.75) is 39.4 Å². The van der Waals surface area contributed by atoms with Crippen molar-refractivity contribution in [1.29, 1.82) is 0 Å². The molecule has 28 heavy (non-hydrogen) atoms. The Morgan fingerprint density at radius 3 is 2.75 bits per heavy atom. The molecule has 0 amide bonds. The molecule has 0 bridgehead atoms. The van der Waals surface area contributed by atoms with E-state index in [1.807, 2.05) is 6.07 Å². The number of benzene rings is 1. The van der Waals surface area contributed by atoms with Gasteiger partial charge in [0, 0.05) is 24.4 Å². The zero-order valence-corrected chi connectivity index (χ0v) is 19.4. The standard InChI is InChI=1S/C20H26N6S.HI/c1-3-19-25-23-15-26(19)12-11-21-20(22-14-18-10-7-13-27-18)24-16(2)17-8-5-4-6-9-17;/h4-10,13,15-16H,3,11-12,14H2,1-2H3,(H2,21,22,24);1H. The summed E-state index contributed by atoms with van der Waals surface area (Å²) in [4.78, 5) is 6.00. The van der Waals surface area contributed by atoms with Crippen molar-refractivity contribution in [3.05, 3.63) is 70.4 Å². The van der Waals surface area contributed by atoms with Crippen LogP contribution in [-0.2, 0) is 19.5 Å². The topological polar surface area (TPSA) is 67.1 Å². The van der Waals surface area contributed by atoms with Gasteiger partial charge in [0.1, 0.15) is 12.2 Å². The minimum absolute atomic E-state index is 0. The van der Waals surface area contributed by atoms with Crippen LogP contribution in [0, 0.1) is 0 Å². The first-order valence-corrected chi connectivity index (χ1v) is 10.1. The van der Waals surface area contributed by atoms with Gasteiger partial charge in [0.15, 0.2) is 5.96 Å². The molecule has 150 valence electrons. The van der Waals surface area contributed by atoms with Gasteiger partial charge in [-0.3, -0.25) is 0 Å². The number of hydrogen-bond acceptors (Lipinski definition) is 4. The zero-order valence-electron chi connectivity index (χ0n) is 16.2. The summed E-state index contributed by atoms with van der Waals surface area (Å²) in [5.41, 5.74) is 1.23. The number of aliphatic imine (C=N–C) groups is 1. The number of rotatable bonds is 8. The van der Waals surface area contributed by atoms with Crippen molar-refractivity contribution in [1.82, 2.24) is 25.4 Å². The zero-order chi connectivity index (χ0) is 18.9. The van der Waals surface area contributed by atoms with Crippen LogP contribution in [0.2, 0.25) is 0 Å². The number of aromatic nitrogens is 3. The van der Waals surface area contributed by atoms with Crippen molar-refractivity contribution in [2.24, 2.45) is 4.99 Å². The third-order valence-corrected chi connectivity index (χ3v) is 5.14. The maximum absolute atomic E-state index is 4.76. The first kappa shape index (κ1) is 22.4. The van der Waals surface area contributed by atoms with Gasteiger partial charge in [0.2, 0.25) is 0 Å². The van der Waals surface area contributed by atoms with E-state index in [1.54, 1.807) is 17.7 Å². The summed E-state index contributed by atoms with van der Waals surface area (Å²) in [6, 6.07) is 14.7. The number of halogens is 1. The van der Waals surface area contributed by atoms with Gasteiger partial charge in [-0.1, -0.05) is 43.3 Å². The second kappa shape index (κ2) is 11.8. The molecule has 2 aromatic heterocycles. The number of thiophene rings is 1. The molecule has 1 unspecified atom stereocenters. The van der Waals surface area contributed by atoms with Crippen molar-refractivity contribution in [3.8, 4) is 0 Å². The van der Waals surface area contributed by atoms with Crippen LogP contribution < -0.4 is 10.6 Å². The van der Waals surface area contributed by atoms with E-state index in [0.717, 1.165) is 31.3 Å². The summed E-state index contributed by atoms with van der Waals surface area (Å²) in [7, 11) is 0. The van der Waals surface area contributed by atoms with Crippen molar-refractivity contribution in [2.75, 3.05) is 6.54 Å². The molecule has 0 spiro atoms. The van der Waals surface area contributed by atoms with E-state index in [-0.39, 0.29) is 30.0 Å². The molecule has 0 aliphatic carbocycles. The van der Waals surface area contributed by atoms with Gasteiger partial charge in [0.25, 0.3) is 0 Å². The number of aryl methyl sites for hydroxylation is 1. The van der Waals surface area contributed by atoms with E-state index >= 15 is 0 Å². The van der Waals surface area contributed by atoms with E-state index < -0.39 is 0 Å². The third kappa shape index (κ3) is 6.59. The van der Waals surface area contributed by atoms with Crippen molar-refractivity contribution >= 4 is 41.3 Å². The first-order valence-electron chi connectivity index (χ1n) is 9.25. The molecule has 3 rings (SSSR count). The van der Waals surface area contributed by atoms with Crippen LogP contribution in [0.3, 0.4) is 0 Å². The van der Waals surface area contributed by atoms with Crippen molar-refractivity contribution in [3.63, 3.8) is 0 Å². The lowest BCUT2D eigenvalue weighted by Gasteiger charge is -2.19. The van der Waals surface area contributed by atoms with Crippen LogP contribution in [0.4, 0.5) is 0 Å². The second-order valence-electron chi connectivity index (χ2n) is 6.24. The Morgan fingerprint density at radius 2 is 2.04 bits per heavy atom. The van der Waals surface area contributed by atoms with Gasteiger partial charge < -0.3 is 15.2 Å². The molecule has 0 saturated heterocycles. The Kier molecular flexibility index (Phi) is 9.42. The highest BCUT2D eigenvalue weighted by atomic mass is 127. The van der Waals surface area contributed by atoms with E-state index in [2.05, 4.69) is 81.0 Å². The predicted octanol–water partition coefficient (Wildman–Crippen LogP) is 4.02. The quantitative estimate of drug-likeness (QED) is 0.273. The van der Waals surface area contributed by atoms with Gasteiger partial charge >= 0.3 is 0 Å². The summed E-state index contributed by atoms with van der Waals surface area (Å²) in [5, 5.41) is 17.1. The molecule has 0 saturated carbocycles. The van der Waals surface area contributed by atoms with Crippen LogP contribution in [-0.4, -0.2) is 27.3 Å². The molecule has 6 nitrogen and oxygen atoms in total. The van der Waals surface area contributed by atoms with Crippen LogP contribution in [0.25, 0.3) is 0 Å².